The van der Waals surface area contributed by atoms with Gasteiger partial charge in [0.05, 0.1) is 5.69 Å². The number of aromatic nitrogens is 1. The van der Waals surface area contributed by atoms with Crippen molar-refractivity contribution in [1.82, 2.24) is 10.3 Å². The van der Waals surface area contributed by atoms with Crippen LogP contribution in [0.4, 0.5) is 4.39 Å². The fraction of sp³-hybridized carbons (Fsp3) is 0.450. The van der Waals surface area contributed by atoms with Crippen molar-refractivity contribution in [3.05, 3.63) is 40.7 Å². The Kier molecular flexibility index (Phi) is 6.21. The smallest absolute Gasteiger partial charge is 0.350 e. The maximum absolute atomic E-state index is 13.1. The number of hydrogen-bond donors (Lipinski definition) is 1. The molecule has 5 nitrogen and oxygen atoms in total. The predicted octanol–water partition coefficient (Wildman–Crippen LogP) is 4.11. The third-order valence-corrected chi connectivity index (χ3v) is 6.05. The van der Waals surface area contributed by atoms with Gasteiger partial charge in [-0.3, -0.25) is 4.79 Å². The van der Waals surface area contributed by atoms with Gasteiger partial charge in [0, 0.05) is 11.6 Å². The normalized spacial score (nSPS) is 19.5. The lowest BCUT2D eigenvalue weighted by Crippen LogP contribution is -2.42. The summed E-state index contributed by atoms with van der Waals surface area (Å²) in [4.78, 5) is 29.1. The molecule has 1 saturated carbocycles. The summed E-state index contributed by atoms with van der Waals surface area (Å²) in [7, 11) is 0. The number of thiazole rings is 1. The van der Waals surface area contributed by atoms with Gasteiger partial charge in [0.1, 0.15) is 15.7 Å². The van der Waals surface area contributed by atoms with Crippen LogP contribution in [0.1, 0.15) is 48.0 Å². The fourth-order valence-corrected chi connectivity index (χ4v) is 4.24. The summed E-state index contributed by atoms with van der Waals surface area (Å²) in [6, 6.07) is 6.07. The summed E-state index contributed by atoms with van der Waals surface area (Å²) >= 11 is 1.17. The van der Waals surface area contributed by atoms with Crippen LogP contribution in [0.5, 0.6) is 0 Å². The largest absolute Gasteiger partial charge is 0.451 e. The van der Waals surface area contributed by atoms with Crippen molar-refractivity contribution in [2.75, 3.05) is 6.61 Å². The number of carbonyl (C=O) groups excluding carboxylic acids is 2. The van der Waals surface area contributed by atoms with Crippen molar-refractivity contribution in [2.45, 2.75) is 45.6 Å². The van der Waals surface area contributed by atoms with Crippen molar-refractivity contribution in [1.29, 1.82) is 0 Å². The topological polar surface area (TPSA) is 68.3 Å². The minimum atomic E-state index is -0.565. The monoisotopic (exact) mass is 390 g/mol. The van der Waals surface area contributed by atoms with Crippen LogP contribution in [-0.2, 0) is 9.53 Å². The van der Waals surface area contributed by atoms with E-state index < -0.39 is 5.97 Å². The van der Waals surface area contributed by atoms with Crippen molar-refractivity contribution >= 4 is 23.2 Å². The van der Waals surface area contributed by atoms with E-state index in [9.17, 15) is 14.0 Å². The summed E-state index contributed by atoms with van der Waals surface area (Å²) < 4.78 is 18.2. The Morgan fingerprint density at radius 2 is 1.96 bits per heavy atom. The van der Waals surface area contributed by atoms with Gasteiger partial charge in [0.15, 0.2) is 6.61 Å². The number of nitrogens with one attached hydrogen (secondary N) is 1. The van der Waals surface area contributed by atoms with Gasteiger partial charge in [-0.15, -0.1) is 11.3 Å². The Bertz CT molecular complexity index is 819. The summed E-state index contributed by atoms with van der Waals surface area (Å²) in [5.41, 5.74) is 1.26. The van der Waals surface area contributed by atoms with E-state index in [1.807, 2.05) is 0 Å². The first-order valence-corrected chi connectivity index (χ1v) is 9.95. The van der Waals surface area contributed by atoms with Gasteiger partial charge in [0.2, 0.25) is 0 Å². The number of rotatable bonds is 5. The van der Waals surface area contributed by atoms with Crippen molar-refractivity contribution in [2.24, 2.45) is 5.92 Å². The lowest BCUT2D eigenvalue weighted by atomic mass is 9.86. The lowest BCUT2D eigenvalue weighted by Gasteiger charge is -2.29. The second-order valence-electron chi connectivity index (χ2n) is 6.95. The van der Waals surface area contributed by atoms with Crippen LogP contribution in [0.2, 0.25) is 0 Å². The minimum absolute atomic E-state index is 0.153. The number of carbonyl (C=O) groups is 2. The summed E-state index contributed by atoms with van der Waals surface area (Å²) in [5.74, 6) is -0.724. The quantitative estimate of drug-likeness (QED) is 0.780. The molecule has 1 aromatic carbocycles. The third kappa shape index (κ3) is 4.91. The van der Waals surface area contributed by atoms with Crippen molar-refractivity contribution in [3.63, 3.8) is 0 Å². The van der Waals surface area contributed by atoms with E-state index in [1.54, 1.807) is 19.1 Å². The number of hydrogen-bond acceptors (Lipinski definition) is 5. The molecule has 0 bridgehead atoms. The van der Waals surface area contributed by atoms with Gasteiger partial charge >= 0.3 is 5.97 Å². The number of benzene rings is 1. The van der Waals surface area contributed by atoms with E-state index >= 15 is 0 Å². The van der Waals surface area contributed by atoms with Crippen LogP contribution in [0.3, 0.4) is 0 Å². The number of halogens is 1. The SMILES string of the molecule is Cc1nc(-c2ccc(F)cc2)sc1C(=O)OCC(=O)N[C@H]1CCCC[C@@H]1C. The van der Waals surface area contributed by atoms with Gasteiger partial charge in [-0.2, -0.15) is 0 Å². The van der Waals surface area contributed by atoms with Crippen LogP contribution in [0.15, 0.2) is 24.3 Å². The van der Waals surface area contributed by atoms with E-state index in [0.29, 0.717) is 21.5 Å². The molecule has 1 aliphatic rings. The molecule has 1 aromatic heterocycles. The maximum atomic E-state index is 13.1. The van der Waals surface area contributed by atoms with Gasteiger partial charge in [-0.25, -0.2) is 14.2 Å². The second kappa shape index (κ2) is 8.61. The standard InChI is InChI=1S/C20H23FN2O3S/c1-12-5-3-4-6-16(12)23-17(24)11-26-20(25)18-13(2)22-19(27-18)14-7-9-15(21)10-8-14/h7-10,12,16H,3-6,11H2,1-2H3,(H,23,24)/t12-,16-/m0/s1. The molecule has 144 valence electrons. The molecule has 3 rings (SSSR count). The van der Waals surface area contributed by atoms with E-state index in [0.717, 1.165) is 24.8 Å². The van der Waals surface area contributed by atoms with Crippen LogP contribution in [-0.4, -0.2) is 29.5 Å². The molecule has 1 fully saturated rings. The molecule has 0 saturated heterocycles. The Morgan fingerprint density at radius 3 is 2.67 bits per heavy atom. The van der Waals surface area contributed by atoms with Gasteiger partial charge in [-0.1, -0.05) is 19.8 Å². The molecule has 0 unspecified atom stereocenters. The number of aryl methyl sites for hydroxylation is 1. The van der Waals surface area contributed by atoms with Crippen molar-refractivity contribution < 1.29 is 18.7 Å². The zero-order chi connectivity index (χ0) is 19.4. The van der Waals surface area contributed by atoms with Gasteiger partial charge < -0.3 is 10.1 Å². The van der Waals surface area contributed by atoms with Crippen molar-refractivity contribution in [3.8, 4) is 10.6 Å². The van der Waals surface area contributed by atoms with E-state index in [-0.39, 0.29) is 24.4 Å². The highest BCUT2D eigenvalue weighted by atomic mass is 32.1. The first-order chi connectivity index (χ1) is 12.9. The van der Waals surface area contributed by atoms with E-state index in [1.165, 1.54) is 29.9 Å². The first-order valence-electron chi connectivity index (χ1n) is 9.14. The number of nitrogens with zero attached hydrogens (tertiary/aromatic N) is 1. The molecule has 1 amide bonds. The number of ether oxygens (including phenoxy) is 1. The highest BCUT2D eigenvalue weighted by Gasteiger charge is 2.24. The zero-order valence-electron chi connectivity index (χ0n) is 15.5. The zero-order valence-corrected chi connectivity index (χ0v) is 16.3. The molecular weight excluding hydrogens is 367 g/mol. The fourth-order valence-electron chi connectivity index (χ4n) is 3.28. The average Bonchev–Trinajstić information content (AvgIpc) is 3.04. The van der Waals surface area contributed by atoms with Gasteiger partial charge in [-0.05, 0) is 49.9 Å². The van der Waals surface area contributed by atoms with Crippen LogP contribution >= 0.6 is 11.3 Å². The lowest BCUT2D eigenvalue weighted by molar-refractivity contribution is -0.125. The predicted molar refractivity (Wildman–Crippen MR) is 102 cm³/mol. The molecule has 1 N–H and O–H groups in total. The Hall–Kier alpha value is -2.28. The Labute approximate surface area is 162 Å². The highest BCUT2D eigenvalue weighted by molar-refractivity contribution is 7.17. The number of esters is 1. The summed E-state index contributed by atoms with van der Waals surface area (Å²) in [6.07, 6.45) is 4.39. The van der Waals surface area contributed by atoms with E-state index in [4.69, 9.17) is 4.74 Å². The average molecular weight is 390 g/mol. The molecule has 0 radical (unpaired) electrons. The molecular formula is C20H23FN2O3S. The maximum Gasteiger partial charge on any atom is 0.350 e. The molecule has 27 heavy (non-hydrogen) atoms. The van der Waals surface area contributed by atoms with Gasteiger partial charge in [0.25, 0.3) is 5.91 Å². The first kappa shape index (κ1) is 19.5. The Balaban J connectivity index is 1.58. The summed E-state index contributed by atoms with van der Waals surface area (Å²) in [5, 5.41) is 3.57. The molecule has 1 aliphatic carbocycles. The molecule has 2 aromatic rings. The Morgan fingerprint density at radius 1 is 1.26 bits per heavy atom. The molecule has 7 heteroatoms. The minimum Gasteiger partial charge on any atom is -0.451 e. The van der Waals surface area contributed by atoms with E-state index in [2.05, 4.69) is 17.2 Å². The molecule has 1 heterocycles. The van der Waals surface area contributed by atoms with Crippen LogP contribution in [0.25, 0.3) is 10.6 Å². The van der Waals surface area contributed by atoms with Crippen LogP contribution in [0, 0.1) is 18.7 Å². The number of amides is 1. The molecule has 0 spiro atoms. The van der Waals surface area contributed by atoms with Crippen LogP contribution < -0.4 is 5.32 Å². The molecule has 2 atom stereocenters. The summed E-state index contributed by atoms with van der Waals surface area (Å²) in [6.45, 7) is 3.54. The molecule has 0 aliphatic heterocycles. The second-order valence-corrected chi connectivity index (χ2v) is 7.95. The highest BCUT2D eigenvalue weighted by Crippen LogP contribution is 2.28. The third-order valence-electron chi connectivity index (χ3n) is 4.87.